The van der Waals surface area contributed by atoms with Gasteiger partial charge < -0.3 is 18.9 Å². The Bertz CT molecular complexity index is 1590. The quantitative estimate of drug-likeness (QED) is 0.393. The number of nitrogens with zero attached hydrogens (tertiary/aromatic N) is 2. The number of halogens is 1. The molecule has 0 fully saturated rings. The second-order valence-corrected chi connectivity index (χ2v) is 9.57. The van der Waals surface area contributed by atoms with E-state index in [1.165, 1.54) is 30.1 Å². The first-order valence-electron chi connectivity index (χ1n) is 11.6. The second-order valence-electron chi connectivity index (χ2n) is 8.12. The van der Waals surface area contributed by atoms with E-state index in [-0.39, 0.29) is 24.3 Å². The summed E-state index contributed by atoms with van der Waals surface area (Å²) in [6.07, 6.45) is 1.72. The standard InChI is InChI=1S/C27H25ClN2O7S/c1-5-36-22(31)14-37-18-9-6-16(7-10-18)12-21-25(32)30-24(19-13-17(28)8-11-20(19)34-3)23(26(33)35-4)15(2)29-27(30)38-21/h6-13,24H,5,14H2,1-4H3/b21-12-/t24-/m1/s1. The lowest BCUT2D eigenvalue weighted by Gasteiger charge is -2.25. The molecule has 1 atom stereocenters. The molecule has 2 heterocycles. The summed E-state index contributed by atoms with van der Waals surface area (Å²) in [5, 5.41) is 0.423. The highest BCUT2D eigenvalue weighted by molar-refractivity contribution is 7.07. The Morgan fingerprint density at radius 2 is 1.89 bits per heavy atom. The number of carbonyl (C=O) groups is 2. The first kappa shape index (κ1) is 27.2. The summed E-state index contributed by atoms with van der Waals surface area (Å²) < 4.78 is 22.7. The third kappa shape index (κ3) is 5.51. The molecule has 9 nitrogen and oxygen atoms in total. The molecule has 1 aromatic heterocycles. The molecule has 0 radical (unpaired) electrons. The molecule has 2 aromatic carbocycles. The van der Waals surface area contributed by atoms with Crippen LogP contribution in [0.2, 0.25) is 5.02 Å². The molecule has 0 spiro atoms. The monoisotopic (exact) mass is 556 g/mol. The van der Waals surface area contributed by atoms with Gasteiger partial charge in [0.25, 0.3) is 5.56 Å². The van der Waals surface area contributed by atoms with Crippen molar-refractivity contribution in [2.75, 3.05) is 27.4 Å². The van der Waals surface area contributed by atoms with E-state index >= 15 is 0 Å². The van der Waals surface area contributed by atoms with Crippen molar-refractivity contribution in [3.05, 3.63) is 89.6 Å². The molecule has 0 saturated carbocycles. The fraction of sp³-hybridized carbons (Fsp3) is 0.259. The summed E-state index contributed by atoms with van der Waals surface area (Å²) >= 11 is 7.50. The average Bonchev–Trinajstić information content (AvgIpc) is 3.21. The number of ether oxygens (including phenoxy) is 4. The Balaban J connectivity index is 1.79. The Morgan fingerprint density at radius 3 is 2.55 bits per heavy atom. The lowest BCUT2D eigenvalue weighted by molar-refractivity contribution is -0.145. The Kier molecular flexibility index (Phi) is 8.33. The molecule has 0 saturated heterocycles. The van der Waals surface area contributed by atoms with Crippen molar-refractivity contribution >= 4 is 41.0 Å². The van der Waals surface area contributed by atoms with E-state index in [0.717, 1.165) is 5.56 Å². The van der Waals surface area contributed by atoms with Crippen molar-refractivity contribution in [3.63, 3.8) is 0 Å². The minimum atomic E-state index is -0.854. The van der Waals surface area contributed by atoms with Gasteiger partial charge in [0.05, 0.1) is 36.6 Å². The van der Waals surface area contributed by atoms with E-state index in [1.54, 1.807) is 62.4 Å². The highest BCUT2D eigenvalue weighted by Gasteiger charge is 2.35. The number of hydrogen-bond donors (Lipinski definition) is 0. The van der Waals surface area contributed by atoms with Crippen LogP contribution in [0.3, 0.4) is 0 Å². The molecular weight excluding hydrogens is 532 g/mol. The highest BCUT2D eigenvalue weighted by Crippen LogP contribution is 2.37. The van der Waals surface area contributed by atoms with E-state index in [9.17, 15) is 14.4 Å². The molecule has 0 bridgehead atoms. The summed E-state index contributed by atoms with van der Waals surface area (Å²) in [6.45, 7) is 3.51. The molecule has 0 amide bonds. The molecule has 1 aliphatic heterocycles. The van der Waals surface area contributed by atoms with Gasteiger partial charge in [-0.1, -0.05) is 35.1 Å². The fourth-order valence-corrected chi connectivity index (χ4v) is 5.29. The third-order valence-corrected chi connectivity index (χ3v) is 6.97. The molecule has 38 heavy (non-hydrogen) atoms. The lowest BCUT2D eigenvalue weighted by atomic mass is 9.95. The molecule has 3 aromatic rings. The van der Waals surface area contributed by atoms with Crippen LogP contribution in [0.5, 0.6) is 11.5 Å². The molecule has 198 valence electrons. The van der Waals surface area contributed by atoms with Crippen LogP contribution in [-0.2, 0) is 19.1 Å². The molecule has 0 unspecified atom stereocenters. The van der Waals surface area contributed by atoms with E-state index in [4.69, 9.17) is 30.5 Å². The molecule has 0 aliphatic carbocycles. The van der Waals surface area contributed by atoms with Crippen LogP contribution in [0.4, 0.5) is 0 Å². The first-order chi connectivity index (χ1) is 18.3. The van der Waals surface area contributed by atoms with Crippen LogP contribution < -0.4 is 24.4 Å². The SMILES string of the molecule is CCOC(=O)COc1ccc(/C=c2\sc3n(c2=O)[C@H](c2cc(Cl)ccc2OC)C(C(=O)OC)=C(C)N=3)cc1. The normalized spacial score (nSPS) is 15.0. The smallest absolute Gasteiger partial charge is 0.344 e. The van der Waals surface area contributed by atoms with Gasteiger partial charge in [-0.05, 0) is 55.8 Å². The number of carbonyl (C=O) groups excluding carboxylic acids is 2. The Morgan fingerprint density at radius 1 is 1.16 bits per heavy atom. The summed E-state index contributed by atoms with van der Waals surface area (Å²) in [4.78, 5) is 43.0. The van der Waals surface area contributed by atoms with E-state index in [2.05, 4.69) is 4.99 Å². The third-order valence-electron chi connectivity index (χ3n) is 5.75. The van der Waals surface area contributed by atoms with Gasteiger partial charge in [0.15, 0.2) is 11.4 Å². The number of thiazole rings is 1. The van der Waals surface area contributed by atoms with Crippen molar-refractivity contribution in [2.24, 2.45) is 4.99 Å². The highest BCUT2D eigenvalue weighted by atomic mass is 35.5. The van der Waals surface area contributed by atoms with Gasteiger partial charge in [0.1, 0.15) is 17.5 Å². The topological polar surface area (TPSA) is 105 Å². The molecule has 11 heteroatoms. The zero-order chi connectivity index (χ0) is 27.4. The summed E-state index contributed by atoms with van der Waals surface area (Å²) in [6, 6.07) is 11.1. The predicted molar refractivity (Wildman–Crippen MR) is 142 cm³/mol. The van der Waals surface area contributed by atoms with Crippen molar-refractivity contribution in [1.82, 2.24) is 4.57 Å². The maximum atomic E-state index is 13.7. The lowest BCUT2D eigenvalue weighted by Crippen LogP contribution is -2.40. The minimum absolute atomic E-state index is 0.194. The largest absolute Gasteiger partial charge is 0.496 e. The maximum Gasteiger partial charge on any atom is 0.344 e. The van der Waals surface area contributed by atoms with Crippen LogP contribution in [0, 0.1) is 0 Å². The Labute approximate surface area is 227 Å². The van der Waals surface area contributed by atoms with Crippen LogP contribution in [0.15, 0.2) is 63.5 Å². The summed E-state index contributed by atoms with van der Waals surface area (Å²) in [5.41, 5.74) is 1.58. The number of allylic oxidation sites excluding steroid dienone is 1. The van der Waals surface area contributed by atoms with Crippen molar-refractivity contribution in [2.45, 2.75) is 19.9 Å². The van der Waals surface area contributed by atoms with Crippen LogP contribution in [-0.4, -0.2) is 43.9 Å². The molecule has 1 aliphatic rings. The van der Waals surface area contributed by atoms with Crippen molar-refractivity contribution in [3.8, 4) is 11.5 Å². The number of aromatic nitrogens is 1. The van der Waals surface area contributed by atoms with Gasteiger partial charge >= 0.3 is 11.9 Å². The van der Waals surface area contributed by atoms with Crippen LogP contribution in [0.25, 0.3) is 6.08 Å². The number of methoxy groups -OCH3 is 2. The van der Waals surface area contributed by atoms with Gasteiger partial charge in [-0.25, -0.2) is 14.6 Å². The van der Waals surface area contributed by atoms with Gasteiger partial charge in [0, 0.05) is 10.6 Å². The molecular formula is C27H25ClN2O7S. The average molecular weight is 557 g/mol. The van der Waals surface area contributed by atoms with Gasteiger partial charge in [0.2, 0.25) is 0 Å². The van der Waals surface area contributed by atoms with E-state index < -0.39 is 18.0 Å². The fourth-order valence-electron chi connectivity index (χ4n) is 4.06. The molecule has 4 rings (SSSR count). The van der Waals surface area contributed by atoms with E-state index in [0.29, 0.717) is 37.1 Å². The number of rotatable bonds is 8. The van der Waals surface area contributed by atoms with Gasteiger partial charge in [-0.3, -0.25) is 9.36 Å². The van der Waals surface area contributed by atoms with Gasteiger partial charge in [-0.2, -0.15) is 0 Å². The first-order valence-corrected chi connectivity index (χ1v) is 12.8. The maximum absolute atomic E-state index is 13.7. The number of fused-ring (bicyclic) bond motifs is 1. The predicted octanol–water partition coefficient (Wildman–Crippen LogP) is 3.01. The zero-order valence-electron chi connectivity index (χ0n) is 21.1. The zero-order valence-corrected chi connectivity index (χ0v) is 22.7. The van der Waals surface area contributed by atoms with Crippen molar-refractivity contribution in [1.29, 1.82) is 0 Å². The molecule has 0 N–H and O–H groups in total. The number of hydrogen-bond acceptors (Lipinski definition) is 9. The van der Waals surface area contributed by atoms with Crippen LogP contribution >= 0.6 is 22.9 Å². The van der Waals surface area contributed by atoms with Crippen LogP contribution in [0.1, 0.15) is 31.0 Å². The summed E-state index contributed by atoms with van der Waals surface area (Å²) in [7, 11) is 2.78. The van der Waals surface area contributed by atoms with Crippen molar-refractivity contribution < 1.29 is 28.5 Å². The van der Waals surface area contributed by atoms with Gasteiger partial charge in [-0.15, -0.1) is 0 Å². The van der Waals surface area contributed by atoms with E-state index in [1.807, 2.05) is 0 Å². The Hall–Kier alpha value is -3.89. The summed E-state index contributed by atoms with van der Waals surface area (Å²) in [5.74, 6) is -0.109. The number of benzene rings is 2. The minimum Gasteiger partial charge on any atom is -0.496 e. The second kappa shape index (κ2) is 11.7. The number of esters is 2.